The molecule has 0 spiro atoms. The highest BCUT2D eigenvalue weighted by atomic mass is 19.3. The number of rotatable bonds is 8. The normalized spacial score (nSPS) is 14.2. The monoisotopic (exact) mass is 289 g/mol. The maximum Gasteiger partial charge on any atom is 0.387 e. The van der Waals surface area contributed by atoms with Crippen LogP contribution >= 0.6 is 0 Å². The van der Waals surface area contributed by atoms with Gasteiger partial charge in [0, 0.05) is 6.04 Å². The molecule has 2 unspecified atom stereocenters. The number of ether oxygens (including phenoxy) is 2. The number of aliphatic hydroxyl groups is 1. The molecule has 0 amide bonds. The summed E-state index contributed by atoms with van der Waals surface area (Å²) in [5.41, 5.74) is 0.587. The summed E-state index contributed by atoms with van der Waals surface area (Å²) in [5, 5.41) is 13.3. The van der Waals surface area contributed by atoms with E-state index in [0.717, 1.165) is 6.54 Å². The summed E-state index contributed by atoms with van der Waals surface area (Å²) in [4.78, 5) is 0. The van der Waals surface area contributed by atoms with Crippen LogP contribution in [-0.4, -0.2) is 30.9 Å². The SMILES string of the molecule is CCNC(C)C(O)c1ccc(OC(F)F)c(OCC)c1. The molecule has 0 heterocycles. The summed E-state index contributed by atoms with van der Waals surface area (Å²) in [7, 11) is 0. The van der Waals surface area contributed by atoms with Gasteiger partial charge in [-0.15, -0.1) is 0 Å². The molecule has 0 saturated heterocycles. The first-order valence-corrected chi connectivity index (χ1v) is 6.62. The molecule has 1 rings (SSSR count). The number of aliphatic hydroxyl groups excluding tert-OH is 1. The number of hydrogen-bond acceptors (Lipinski definition) is 4. The molecule has 0 bridgehead atoms. The molecule has 4 nitrogen and oxygen atoms in total. The molecule has 0 saturated carbocycles. The molecule has 0 fully saturated rings. The molecule has 2 N–H and O–H groups in total. The zero-order valence-corrected chi connectivity index (χ0v) is 11.9. The second kappa shape index (κ2) is 8.01. The average Bonchev–Trinajstić information content (AvgIpc) is 2.40. The zero-order chi connectivity index (χ0) is 15.1. The van der Waals surface area contributed by atoms with Gasteiger partial charge in [-0.25, -0.2) is 0 Å². The fourth-order valence-electron chi connectivity index (χ4n) is 1.89. The number of benzene rings is 1. The van der Waals surface area contributed by atoms with Crippen LogP contribution in [0.4, 0.5) is 8.78 Å². The van der Waals surface area contributed by atoms with Crippen molar-refractivity contribution in [3.63, 3.8) is 0 Å². The molecule has 0 aromatic heterocycles. The first kappa shape index (κ1) is 16.7. The lowest BCUT2D eigenvalue weighted by atomic mass is 10.0. The number of alkyl halides is 2. The maximum absolute atomic E-state index is 12.3. The lowest BCUT2D eigenvalue weighted by Crippen LogP contribution is -2.31. The van der Waals surface area contributed by atoms with Crippen molar-refractivity contribution in [2.24, 2.45) is 0 Å². The standard InChI is InChI=1S/C14H21F2NO3/c1-4-17-9(3)13(18)10-6-7-11(20-14(15)16)12(8-10)19-5-2/h6-9,13-14,17-18H,4-5H2,1-3H3. The molecule has 0 aliphatic carbocycles. The molecule has 2 atom stereocenters. The highest BCUT2D eigenvalue weighted by Crippen LogP contribution is 2.32. The van der Waals surface area contributed by atoms with Crippen LogP contribution in [0, 0.1) is 0 Å². The number of likely N-dealkylation sites (N-methyl/N-ethyl adjacent to an activating group) is 1. The third-order valence-corrected chi connectivity index (χ3v) is 2.82. The molecule has 0 aliphatic rings. The Hall–Kier alpha value is -1.40. The van der Waals surface area contributed by atoms with E-state index in [4.69, 9.17) is 4.74 Å². The Bertz CT molecular complexity index is 415. The highest BCUT2D eigenvalue weighted by molar-refractivity contribution is 5.44. The van der Waals surface area contributed by atoms with E-state index in [0.29, 0.717) is 12.2 Å². The van der Waals surface area contributed by atoms with Gasteiger partial charge in [-0.3, -0.25) is 0 Å². The Morgan fingerprint density at radius 2 is 1.95 bits per heavy atom. The summed E-state index contributed by atoms with van der Waals surface area (Å²) >= 11 is 0. The second-order valence-corrected chi connectivity index (χ2v) is 4.31. The minimum atomic E-state index is -2.91. The molecular formula is C14H21F2NO3. The van der Waals surface area contributed by atoms with Gasteiger partial charge in [0.2, 0.25) is 0 Å². The van der Waals surface area contributed by atoms with Crippen LogP contribution in [-0.2, 0) is 0 Å². The Morgan fingerprint density at radius 1 is 1.25 bits per heavy atom. The van der Waals surface area contributed by atoms with E-state index in [1.165, 1.54) is 12.1 Å². The maximum atomic E-state index is 12.3. The van der Waals surface area contributed by atoms with Gasteiger partial charge in [0.25, 0.3) is 0 Å². The Labute approximate surface area is 117 Å². The third kappa shape index (κ3) is 4.61. The summed E-state index contributed by atoms with van der Waals surface area (Å²) in [6, 6.07) is 4.31. The van der Waals surface area contributed by atoms with E-state index in [-0.39, 0.29) is 17.5 Å². The van der Waals surface area contributed by atoms with E-state index in [1.54, 1.807) is 13.0 Å². The van der Waals surface area contributed by atoms with Crippen molar-refractivity contribution in [1.82, 2.24) is 5.32 Å². The van der Waals surface area contributed by atoms with Crippen LogP contribution in [0.1, 0.15) is 32.4 Å². The molecule has 0 aliphatic heterocycles. The van der Waals surface area contributed by atoms with Crippen LogP contribution in [0.5, 0.6) is 11.5 Å². The Kier molecular flexibility index (Phi) is 6.67. The summed E-state index contributed by atoms with van der Waals surface area (Å²) in [6.07, 6.45) is -0.755. The van der Waals surface area contributed by atoms with Crippen LogP contribution in [0.3, 0.4) is 0 Å². The van der Waals surface area contributed by atoms with E-state index in [1.807, 2.05) is 13.8 Å². The Balaban J connectivity index is 2.96. The minimum absolute atomic E-state index is 0.0334. The highest BCUT2D eigenvalue weighted by Gasteiger charge is 2.18. The lowest BCUT2D eigenvalue weighted by Gasteiger charge is -2.21. The van der Waals surface area contributed by atoms with Crippen molar-refractivity contribution in [1.29, 1.82) is 0 Å². The van der Waals surface area contributed by atoms with E-state index < -0.39 is 12.7 Å². The summed E-state index contributed by atoms with van der Waals surface area (Å²) in [6.45, 7) is 3.67. The number of nitrogens with one attached hydrogen (secondary N) is 1. The molecule has 1 aromatic carbocycles. The largest absolute Gasteiger partial charge is 0.490 e. The fourth-order valence-corrected chi connectivity index (χ4v) is 1.89. The van der Waals surface area contributed by atoms with Gasteiger partial charge in [-0.1, -0.05) is 13.0 Å². The van der Waals surface area contributed by atoms with Crippen molar-refractivity contribution in [3.05, 3.63) is 23.8 Å². The zero-order valence-electron chi connectivity index (χ0n) is 11.9. The van der Waals surface area contributed by atoms with Gasteiger partial charge in [0.15, 0.2) is 11.5 Å². The van der Waals surface area contributed by atoms with Gasteiger partial charge in [-0.2, -0.15) is 8.78 Å². The third-order valence-electron chi connectivity index (χ3n) is 2.82. The van der Waals surface area contributed by atoms with Gasteiger partial charge in [0.1, 0.15) is 0 Å². The van der Waals surface area contributed by atoms with Crippen molar-refractivity contribution in [2.75, 3.05) is 13.2 Å². The van der Waals surface area contributed by atoms with Crippen LogP contribution in [0.2, 0.25) is 0 Å². The lowest BCUT2D eigenvalue weighted by molar-refractivity contribution is -0.0514. The Morgan fingerprint density at radius 3 is 2.50 bits per heavy atom. The molecule has 6 heteroatoms. The number of halogens is 2. The van der Waals surface area contributed by atoms with Gasteiger partial charge in [-0.05, 0) is 38.1 Å². The topological polar surface area (TPSA) is 50.7 Å². The molecule has 0 radical (unpaired) electrons. The molecule has 20 heavy (non-hydrogen) atoms. The van der Waals surface area contributed by atoms with Crippen LogP contribution in [0.15, 0.2) is 18.2 Å². The minimum Gasteiger partial charge on any atom is -0.490 e. The number of hydrogen-bond donors (Lipinski definition) is 2. The van der Waals surface area contributed by atoms with Gasteiger partial charge in [0.05, 0.1) is 12.7 Å². The van der Waals surface area contributed by atoms with E-state index in [9.17, 15) is 13.9 Å². The van der Waals surface area contributed by atoms with Crippen LogP contribution in [0.25, 0.3) is 0 Å². The fraction of sp³-hybridized carbons (Fsp3) is 0.571. The van der Waals surface area contributed by atoms with E-state index in [2.05, 4.69) is 10.1 Å². The smallest absolute Gasteiger partial charge is 0.387 e. The quantitative estimate of drug-likeness (QED) is 0.772. The molecule has 114 valence electrons. The first-order chi connectivity index (χ1) is 9.49. The van der Waals surface area contributed by atoms with Crippen molar-refractivity contribution >= 4 is 0 Å². The van der Waals surface area contributed by atoms with Gasteiger partial charge < -0.3 is 19.9 Å². The van der Waals surface area contributed by atoms with Crippen LogP contribution < -0.4 is 14.8 Å². The predicted octanol–water partition coefficient (Wildman–Crippen LogP) is 2.72. The summed E-state index contributed by atoms with van der Waals surface area (Å²) in [5.74, 6) is 0.168. The van der Waals surface area contributed by atoms with Crippen molar-refractivity contribution < 1.29 is 23.4 Å². The summed E-state index contributed by atoms with van der Waals surface area (Å²) < 4.78 is 34.2. The van der Waals surface area contributed by atoms with Crippen molar-refractivity contribution in [2.45, 2.75) is 39.5 Å². The van der Waals surface area contributed by atoms with E-state index >= 15 is 0 Å². The molecular weight excluding hydrogens is 268 g/mol. The molecule has 1 aromatic rings. The first-order valence-electron chi connectivity index (χ1n) is 6.62. The predicted molar refractivity (Wildman–Crippen MR) is 72.3 cm³/mol. The van der Waals surface area contributed by atoms with Gasteiger partial charge >= 0.3 is 6.61 Å². The second-order valence-electron chi connectivity index (χ2n) is 4.31. The van der Waals surface area contributed by atoms with Crippen molar-refractivity contribution in [3.8, 4) is 11.5 Å². The average molecular weight is 289 g/mol.